The van der Waals surface area contributed by atoms with Crippen LogP contribution in [0.25, 0.3) is 0 Å². The van der Waals surface area contributed by atoms with Crippen molar-refractivity contribution in [3.05, 3.63) is 70.0 Å². The standard InChI is InChI=1S/C22H20N2O3S/c1-12-13(2)21(24(20(12)26)22-23-7-8-28-22)27-11-18-16-9-14-5-3-4-6-15(14)17(16)10-19(18)25/h3-8,11,16-17,21H,9-10H2,1-2H3/b18-11+. The predicted molar refractivity (Wildman–Crippen MR) is 107 cm³/mol. The van der Waals surface area contributed by atoms with Gasteiger partial charge in [-0.2, -0.15) is 0 Å². The van der Waals surface area contributed by atoms with Crippen LogP contribution in [0, 0.1) is 5.92 Å². The van der Waals surface area contributed by atoms with Crippen LogP contribution in [0.3, 0.4) is 0 Å². The van der Waals surface area contributed by atoms with Crippen LogP contribution in [-0.2, 0) is 20.7 Å². The number of rotatable bonds is 3. The molecule has 2 aliphatic carbocycles. The summed E-state index contributed by atoms with van der Waals surface area (Å²) >= 11 is 1.40. The molecule has 1 saturated carbocycles. The van der Waals surface area contributed by atoms with E-state index < -0.39 is 6.23 Å². The highest BCUT2D eigenvalue weighted by Gasteiger charge is 2.45. The average molecular weight is 392 g/mol. The number of nitrogens with zero attached hydrogens (tertiary/aromatic N) is 2. The molecule has 5 nitrogen and oxygen atoms in total. The van der Waals surface area contributed by atoms with Crippen molar-refractivity contribution < 1.29 is 14.3 Å². The Balaban J connectivity index is 1.44. The number of aromatic nitrogens is 1. The molecule has 0 N–H and O–H groups in total. The zero-order valence-corrected chi connectivity index (χ0v) is 16.5. The molecular weight excluding hydrogens is 372 g/mol. The molecule has 5 rings (SSSR count). The molecule has 142 valence electrons. The van der Waals surface area contributed by atoms with Gasteiger partial charge in [-0.25, -0.2) is 9.88 Å². The van der Waals surface area contributed by atoms with Crippen molar-refractivity contribution in [2.45, 2.75) is 38.8 Å². The molecule has 0 radical (unpaired) electrons. The number of anilines is 1. The number of hydrogen-bond acceptors (Lipinski definition) is 5. The Labute approximate surface area is 167 Å². The van der Waals surface area contributed by atoms with Crippen molar-refractivity contribution >= 4 is 28.2 Å². The molecule has 1 aromatic carbocycles. The van der Waals surface area contributed by atoms with Gasteiger partial charge in [0.15, 0.2) is 10.9 Å². The molecule has 3 aliphatic rings. The smallest absolute Gasteiger partial charge is 0.259 e. The van der Waals surface area contributed by atoms with Crippen LogP contribution in [-0.4, -0.2) is 22.9 Å². The summed E-state index contributed by atoms with van der Waals surface area (Å²) in [6.07, 6.45) is 4.13. The van der Waals surface area contributed by atoms with Gasteiger partial charge in [-0.3, -0.25) is 9.59 Å². The average Bonchev–Trinajstić information content (AvgIpc) is 3.43. The monoisotopic (exact) mass is 392 g/mol. The van der Waals surface area contributed by atoms with Crippen LogP contribution in [0.15, 0.2) is 58.8 Å². The summed E-state index contributed by atoms with van der Waals surface area (Å²) in [7, 11) is 0. The molecule has 1 aliphatic heterocycles. The van der Waals surface area contributed by atoms with Crippen molar-refractivity contribution in [1.82, 2.24) is 4.98 Å². The molecule has 3 atom stereocenters. The van der Waals surface area contributed by atoms with Gasteiger partial charge >= 0.3 is 0 Å². The SMILES string of the molecule is CC1=C(C)C(O/C=C2/C(=O)CC3c4ccccc4CC23)N(c2nccs2)C1=O. The molecule has 1 amide bonds. The van der Waals surface area contributed by atoms with E-state index in [0.29, 0.717) is 17.1 Å². The normalized spacial score (nSPS) is 27.7. The van der Waals surface area contributed by atoms with Crippen LogP contribution >= 0.6 is 11.3 Å². The molecule has 1 fully saturated rings. The quantitative estimate of drug-likeness (QED) is 0.586. The Morgan fingerprint density at radius 1 is 1.18 bits per heavy atom. The fourth-order valence-electron chi connectivity index (χ4n) is 4.59. The van der Waals surface area contributed by atoms with Gasteiger partial charge in [0.25, 0.3) is 5.91 Å². The Bertz CT molecular complexity index is 1040. The highest BCUT2D eigenvalue weighted by molar-refractivity contribution is 7.13. The number of thiazole rings is 1. The minimum Gasteiger partial charge on any atom is -0.473 e. The van der Waals surface area contributed by atoms with E-state index in [0.717, 1.165) is 17.6 Å². The molecule has 2 aromatic rings. The van der Waals surface area contributed by atoms with Crippen molar-refractivity contribution in [3.8, 4) is 0 Å². The van der Waals surface area contributed by atoms with Crippen molar-refractivity contribution in [1.29, 1.82) is 0 Å². The minimum atomic E-state index is -0.554. The molecule has 28 heavy (non-hydrogen) atoms. The minimum absolute atomic E-state index is 0.0975. The van der Waals surface area contributed by atoms with Crippen LogP contribution in [0.5, 0.6) is 0 Å². The Kier molecular flexibility index (Phi) is 3.98. The maximum Gasteiger partial charge on any atom is 0.259 e. The summed E-state index contributed by atoms with van der Waals surface area (Å²) in [6.45, 7) is 3.70. The number of ketones is 1. The first-order chi connectivity index (χ1) is 13.6. The second-order valence-electron chi connectivity index (χ2n) is 7.60. The van der Waals surface area contributed by atoms with Gasteiger partial charge in [0, 0.05) is 35.1 Å². The third-order valence-corrected chi connectivity index (χ3v) is 6.96. The number of carbonyl (C=O) groups excluding carboxylic acids is 2. The van der Waals surface area contributed by atoms with Gasteiger partial charge in [0.1, 0.15) is 0 Å². The summed E-state index contributed by atoms with van der Waals surface area (Å²) in [5, 5.41) is 2.44. The summed E-state index contributed by atoms with van der Waals surface area (Å²) in [6, 6.07) is 8.37. The topological polar surface area (TPSA) is 59.5 Å². The van der Waals surface area contributed by atoms with E-state index >= 15 is 0 Å². The first-order valence-corrected chi connectivity index (χ1v) is 10.3. The molecule has 1 aromatic heterocycles. The Morgan fingerprint density at radius 2 is 2.00 bits per heavy atom. The van der Waals surface area contributed by atoms with Crippen LogP contribution in [0.4, 0.5) is 5.13 Å². The number of fused-ring (bicyclic) bond motifs is 3. The Morgan fingerprint density at radius 3 is 2.79 bits per heavy atom. The largest absolute Gasteiger partial charge is 0.473 e. The van der Waals surface area contributed by atoms with E-state index in [1.165, 1.54) is 22.5 Å². The number of carbonyl (C=O) groups is 2. The number of hydrogen-bond donors (Lipinski definition) is 0. The molecule has 0 bridgehead atoms. The number of amides is 1. The Hall–Kier alpha value is -2.73. The van der Waals surface area contributed by atoms with Crippen LogP contribution < -0.4 is 4.90 Å². The lowest BCUT2D eigenvalue weighted by Crippen LogP contribution is -2.36. The van der Waals surface area contributed by atoms with Gasteiger partial charge in [-0.05, 0) is 42.9 Å². The van der Waals surface area contributed by atoms with Gasteiger partial charge in [-0.15, -0.1) is 11.3 Å². The maximum atomic E-state index is 12.7. The summed E-state index contributed by atoms with van der Waals surface area (Å²) in [5.41, 5.74) is 4.88. The number of Topliss-reactive ketones (excluding diaryl/α,β-unsaturated/α-hetero) is 1. The number of benzene rings is 1. The zero-order chi connectivity index (χ0) is 19.4. The highest BCUT2D eigenvalue weighted by atomic mass is 32.1. The number of ether oxygens (including phenoxy) is 1. The van der Waals surface area contributed by atoms with Gasteiger partial charge in [0.2, 0.25) is 6.23 Å². The van der Waals surface area contributed by atoms with Crippen molar-refractivity contribution in [3.63, 3.8) is 0 Å². The summed E-state index contributed by atoms with van der Waals surface area (Å²) in [4.78, 5) is 31.2. The lowest BCUT2D eigenvalue weighted by atomic mass is 9.95. The fourth-order valence-corrected chi connectivity index (χ4v) is 5.25. The second-order valence-corrected chi connectivity index (χ2v) is 8.48. The van der Waals surface area contributed by atoms with Crippen LogP contribution in [0.1, 0.15) is 37.3 Å². The van der Waals surface area contributed by atoms with E-state index in [1.807, 2.05) is 18.4 Å². The van der Waals surface area contributed by atoms with E-state index in [4.69, 9.17) is 4.74 Å². The third-order valence-electron chi connectivity index (χ3n) is 6.19. The van der Waals surface area contributed by atoms with E-state index in [-0.39, 0.29) is 23.5 Å². The first-order valence-electron chi connectivity index (χ1n) is 9.43. The highest BCUT2D eigenvalue weighted by Crippen LogP contribution is 2.49. The van der Waals surface area contributed by atoms with E-state index in [9.17, 15) is 9.59 Å². The lowest BCUT2D eigenvalue weighted by Gasteiger charge is -2.23. The predicted octanol–water partition coefficient (Wildman–Crippen LogP) is 3.98. The summed E-state index contributed by atoms with van der Waals surface area (Å²) in [5.74, 6) is 0.464. The second kappa shape index (κ2) is 6.41. The molecule has 0 saturated heterocycles. The number of allylic oxidation sites excluding steroid dienone is 1. The molecule has 0 spiro atoms. The van der Waals surface area contributed by atoms with Gasteiger partial charge in [-0.1, -0.05) is 24.3 Å². The van der Waals surface area contributed by atoms with Gasteiger partial charge in [0.05, 0.1) is 6.26 Å². The van der Waals surface area contributed by atoms with Crippen molar-refractivity contribution in [2.24, 2.45) is 5.92 Å². The maximum absolute atomic E-state index is 12.7. The third kappa shape index (κ3) is 2.48. The van der Waals surface area contributed by atoms with E-state index in [1.54, 1.807) is 24.3 Å². The molecular formula is C22H20N2O3S. The van der Waals surface area contributed by atoms with E-state index in [2.05, 4.69) is 23.2 Å². The van der Waals surface area contributed by atoms with Crippen molar-refractivity contribution in [2.75, 3.05) is 4.90 Å². The summed E-state index contributed by atoms with van der Waals surface area (Å²) < 4.78 is 6.08. The lowest BCUT2D eigenvalue weighted by molar-refractivity contribution is -0.115. The molecule has 3 unspecified atom stereocenters. The first kappa shape index (κ1) is 17.4. The van der Waals surface area contributed by atoms with Gasteiger partial charge < -0.3 is 4.74 Å². The molecule has 2 heterocycles. The van der Waals surface area contributed by atoms with Crippen LogP contribution in [0.2, 0.25) is 0 Å². The zero-order valence-electron chi connectivity index (χ0n) is 15.7. The fraction of sp³-hybridized carbons (Fsp3) is 0.318. The molecule has 6 heteroatoms.